The Morgan fingerprint density at radius 2 is 1.47 bits per heavy atom. The summed E-state index contributed by atoms with van der Waals surface area (Å²) >= 11 is 0. The van der Waals surface area contributed by atoms with Crippen LogP contribution >= 0.6 is 0 Å². The number of carbonyl (C=O) groups excluding carboxylic acids is 4. The molecule has 34 heavy (non-hydrogen) atoms. The zero-order chi connectivity index (χ0) is 25.8. The number of aromatic amines is 1. The molecule has 1 aromatic heterocycles. The summed E-state index contributed by atoms with van der Waals surface area (Å²) < 4.78 is 0. The van der Waals surface area contributed by atoms with Crippen molar-refractivity contribution in [1.82, 2.24) is 25.9 Å². The number of H-pyrrole nitrogens is 1. The van der Waals surface area contributed by atoms with Gasteiger partial charge >= 0.3 is 11.9 Å². The van der Waals surface area contributed by atoms with Crippen molar-refractivity contribution < 1.29 is 39.0 Å². The summed E-state index contributed by atoms with van der Waals surface area (Å²) in [5, 5.41) is 25.3. The summed E-state index contributed by atoms with van der Waals surface area (Å²) in [6.45, 7) is 1.36. The number of carboxylic acid groups (broad SMARTS) is 2. The lowest BCUT2D eigenvalue weighted by Crippen LogP contribution is -2.57. The summed E-state index contributed by atoms with van der Waals surface area (Å²) in [6.07, 6.45) is 1.21. The van der Waals surface area contributed by atoms with E-state index in [2.05, 4.69) is 25.9 Å². The smallest absolute Gasteiger partial charge is 0.326 e. The Kier molecular flexibility index (Phi) is 11.1. The first-order valence-corrected chi connectivity index (χ1v) is 10.3. The molecular formula is C19H29N7O8. The molecule has 0 aliphatic rings. The normalized spacial score (nSPS) is 14.2. The van der Waals surface area contributed by atoms with Gasteiger partial charge < -0.3 is 42.6 Å². The van der Waals surface area contributed by atoms with E-state index in [-0.39, 0.29) is 25.7 Å². The van der Waals surface area contributed by atoms with Crippen molar-refractivity contribution in [3.05, 3.63) is 18.2 Å². The fourth-order valence-corrected chi connectivity index (χ4v) is 2.76. The van der Waals surface area contributed by atoms with Gasteiger partial charge in [-0.05, 0) is 19.8 Å². The van der Waals surface area contributed by atoms with E-state index in [1.807, 2.05) is 0 Å². The third-order valence-corrected chi connectivity index (χ3v) is 4.60. The van der Waals surface area contributed by atoms with Crippen LogP contribution in [0.25, 0.3) is 0 Å². The highest BCUT2D eigenvalue weighted by atomic mass is 16.4. The Morgan fingerprint density at radius 1 is 0.941 bits per heavy atom. The monoisotopic (exact) mass is 483 g/mol. The first-order valence-electron chi connectivity index (χ1n) is 10.3. The lowest BCUT2D eigenvalue weighted by atomic mass is 10.1. The number of amides is 4. The molecule has 0 fully saturated rings. The highest BCUT2D eigenvalue weighted by molar-refractivity contribution is 5.94. The van der Waals surface area contributed by atoms with Gasteiger partial charge in [0.05, 0.1) is 12.4 Å². The summed E-state index contributed by atoms with van der Waals surface area (Å²) in [6, 6.07) is -5.13. The molecule has 1 aromatic rings. The average molecular weight is 483 g/mol. The third kappa shape index (κ3) is 10.1. The van der Waals surface area contributed by atoms with E-state index in [0.29, 0.717) is 5.69 Å². The van der Waals surface area contributed by atoms with Crippen LogP contribution in [0, 0.1) is 0 Å². The number of imidazole rings is 1. The number of nitrogens with one attached hydrogen (secondary N) is 4. The Balaban J connectivity index is 3.00. The minimum absolute atomic E-state index is 0.136. The average Bonchev–Trinajstić information content (AvgIpc) is 3.25. The lowest BCUT2D eigenvalue weighted by molar-refractivity contribution is -0.142. The van der Waals surface area contributed by atoms with E-state index in [9.17, 15) is 33.9 Å². The fraction of sp³-hybridized carbons (Fsp3) is 0.526. The molecule has 4 unspecified atom stereocenters. The van der Waals surface area contributed by atoms with Gasteiger partial charge in [0.1, 0.15) is 18.1 Å². The number of aliphatic carboxylic acids is 2. The summed E-state index contributed by atoms with van der Waals surface area (Å²) in [5.74, 6) is -5.91. The zero-order valence-corrected chi connectivity index (χ0v) is 18.4. The van der Waals surface area contributed by atoms with Crippen LogP contribution in [0.3, 0.4) is 0 Å². The van der Waals surface area contributed by atoms with E-state index in [1.165, 1.54) is 19.4 Å². The summed E-state index contributed by atoms with van der Waals surface area (Å²) in [4.78, 5) is 77.7. The Morgan fingerprint density at radius 3 is 1.91 bits per heavy atom. The van der Waals surface area contributed by atoms with Crippen LogP contribution in [0.5, 0.6) is 0 Å². The first-order chi connectivity index (χ1) is 15.9. The number of hydrogen-bond acceptors (Lipinski definition) is 8. The standard InChI is InChI=1S/C19H29N7O8/c1-9(20)16(30)24-12(3-5-15(28)29)17(31)25-11(2-4-14(21)27)18(32)26-13(19(33)34)6-10-7-22-8-23-10/h7-9,11-13H,2-6,20H2,1H3,(H2,21,27)(H,22,23)(H,24,30)(H,25,31)(H,26,32)(H,28,29)(H,33,34). The predicted molar refractivity (Wildman–Crippen MR) is 115 cm³/mol. The Hall–Kier alpha value is -4.01. The van der Waals surface area contributed by atoms with Gasteiger partial charge in [-0.25, -0.2) is 9.78 Å². The van der Waals surface area contributed by atoms with Gasteiger partial charge in [0, 0.05) is 31.2 Å². The molecule has 0 aliphatic heterocycles. The molecule has 0 aliphatic carbocycles. The molecule has 4 amide bonds. The van der Waals surface area contributed by atoms with Gasteiger partial charge in [-0.2, -0.15) is 0 Å². The number of carboxylic acids is 2. The number of nitrogens with zero attached hydrogens (tertiary/aromatic N) is 1. The molecule has 0 aromatic carbocycles. The van der Waals surface area contributed by atoms with E-state index >= 15 is 0 Å². The molecule has 0 radical (unpaired) electrons. The number of primary amides is 1. The second-order valence-corrected chi connectivity index (χ2v) is 7.53. The second kappa shape index (κ2) is 13.5. The molecular weight excluding hydrogens is 454 g/mol. The predicted octanol–water partition coefficient (Wildman–Crippen LogP) is -3.03. The maximum Gasteiger partial charge on any atom is 0.326 e. The molecule has 0 spiro atoms. The van der Waals surface area contributed by atoms with E-state index in [0.717, 1.165) is 0 Å². The minimum atomic E-state index is -1.40. The van der Waals surface area contributed by atoms with Crippen LogP contribution in [0.2, 0.25) is 0 Å². The van der Waals surface area contributed by atoms with Crippen molar-refractivity contribution in [2.24, 2.45) is 11.5 Å². The highest BCUT2D eigenvalue weighted by Crippen LogP contribution is 2.05. The molecule has 4 atom stereocenters. The lowest BCUT2D eigenvalue weighted by Gasteiger charge is -2.24. The molecule has 0 saturated carbocycles. The van der Waals surface area contributed by atoms with Crippen LogP contribution in [-0.2, 0) is 35.2 Å². The maximum atomic E-state index is 12.8. The van der Waals surface area contributed by atoms with Crippen LogP contribution in [-0.4, -0.2) is 79.9 Å². The Bertz CT molecular complexity index is 887. The van der Waals surface area contributed by atoms with Gasteiger partial charge in [0.15, 0.2) is 0 Å². The number of rotatable bonds is 15. The largest absolute Gasteiger partial charge is 0.481 e. The summed E-state index contributed by atoms with van der Waals surface area (Å²) in [5.41, 5.74) is 11.0. The van der Waals surface area contributed by atoms with Gasteiger partial charge in [0.25, 0.3) is 0 Å². The van der Waals surface area contributed by atoms with Gasteiger partial charge in [-0.1, -0.05) is 0 Å². The molecule has 188 valence electrons. The number of carbonyl (C=O) groups is 6. The third-order valence-electron chi connectivity index (χ3n) is 4.60. The molecule has 15 heteroatoms. The second-order valence-electron chi connectivity index (χ2n) is 7.53. The van der Waals surface area contributed by atoms with Crippen molar-refractivity contribution in [2.75, 3.05) is 0 Å². The minimum Gasteiger partial charge on any atom is -0.481 e. The maximum absolute atomic E-state index is 12.8. The number of aromatic nitrogens is 2. The Labute approximate surface area is 194 Å². The molecule has 0 bridgehead atoms. The van der Waals surface area contributed by atoms with Crippen LogP contribution in [0.1, 0.15) is 38.3 Å². The molecule has 10 N–H and O–H groups in total. The van der Waals surface area contributed by atoms with Crippen molar-refractivity contribution in [3.63, 3.8) is 0 Å². The number of nitrogens with two attached hydrogens (primary N) is 2. The van der Waals surface area contributed by atoms with Crippen molar-refractivity contribution >= 4 is 35.6 Å². The van der Waals surface area contributed by atoms with Crippen LogP contribution in [0.4, 0.5) is 0 Å². The quantitative estimate of drug-likeness (QED) is 0.125. The van der Waals surface area contributed by atoms with Crippen LogP contribution < -0.4 is 27.4 Å². The van der Waals surface area contributed by atoms with Gasteiger partial charge in [-0.3, -0.25) is 24.0 Å². The SMILES string of the molecule is CC(N)C(=O)NC(CCC(=O)O)C(=O)NC(CCC(N)=O)C(=O)NC(Cc1cnc[nH]1)C(=O)O. The van der Waals surface area contributed by atoms with E-state index in [4.69, 9.17) is 16.6 Å². The van der Waals surface area contributed by atoms with Crippen molar-refractivity contribution in [3.8, 4) is 0 Å². The van der Waals surface area contributed by atoms with Crippen LogP contribution in [0.15, 0.2) is 12.5 Å². The van der Waals surface area contributed by atoms with Gasteiger partial charge in [0.2, 0.25) is 23.6 Å². The van der Waals surface area contributed by atoms with E-state index < -0.39 is 66.2 Å². The summed E-state index contributed by atoms with van der Waals surface area (Å²) in [7, 11) is 0. The van der Waals surface area contributed by atoms with Crippen molar-refractivity contribution in [2.45, 2.75) is 63.2 Å². The van der Waals surface area contributed by atoms with Crippen molar-refractivity contribution in [1.29, 1.82) is 0 Å². The molecule has 15 nitrogen and oxygen atoms in total. The fourth-order valence-electron chi connectivity index (χ4n) is 2.76. The van der Waals surface area contributed by atoms with Gasteiger partial charge in [-0.15, -0.1) is 0 Å². The zero-order valence-electron chi connectivity index (χ0n) is 18.4. The molecule has 0 saturated heterocycles. The molecule has 1 heterocycles. The number of hydrogen-bond donors (Lipinski definition) is 8. The highest BCUT2D eigenvalue weighted by Gasteiger charge is 2.30. The van der Waals surface area contributed by atoms with E-state index in [1.54, 1.807) is 0 Å². The topological polar surface area (TPSA) is 260 Å². The first kappa shape index (κ1) is 28.0. The molecule has 1 rings (SSSR count).